The smallest absolute Gasteiger partial charge is 0.135 e. The fourth-order valence-electron chi connectivity index (χ4n) is 9.40. The number of hydrogen-bond acceptors (Lipinski definition) is 2. The lowest BCUT2D eigenvalue weighted by Crippen LogP contribution is -2.11. The minimum absolute atomic E-state index is 0.869. The average molecular weight is 764 g/mol. The zero-order chi connectivity index (χ0) is 39.6. The molecular formula is C58H37NO. The van der Waals surface area contributed by atoms with Gasteiger partial charge in [-0.25, -0.2) is 0 Å². The number of hydrogen-bond donors (Lipinski definition) is 0. The number of benzene rings is 11. The van der Waals surface area contributed by atoms with E-state index < -0.39 is 0 Å². The van der Waals surface area contributed by atoms with E-state index in [9.17, 15) is 0 Å². The van der Waals surface area contributed by atoms with Crippen molar-refractivity contribution in [3.05, 3.63) is 224 Å². The van der Waals surface area contributed by atoms with Crippen LogP contribution in [0.3, 0.4) is 0 Å². The van der Waals surface area contributed by atoms with Gasteiger partial charge in [-0.3, -0.25) is 0 Å². The van der Waals surface area contributed by atoms with E-state index in [4.69, 9.17) is 4.42 Å². The van der Waals surface area contributed by atoms with Gasteiger partial charge < -0.3 is 9.32 Å². The molecule has 11 aromatic carbocycles. The van der Waals surface area contributed by atoms with Gasteiger partial charge in [-0.15, -0.1) is 0 Å². The quantitative estimate of drug-likeness (QED) is 0.157. The Morgan fingerprint density at radius 3 is 1.52 bits per heavy atom. The van der Waals surface area contributed by atoms with Gasteiger partial charge in [0, 0.05) is 27.4 Å². The summed E-state index contributed by atoms with van der Waals surface area (Å²) in [5.41, 5.74) is 10.0. The first-order chi connectivity index (χ1) is 29.7. The van der Waals surface area contributed by atoms with Gasteiger partial charge in [-0.05, 0) is 114 Å². The van der Waals surface area contributed by atoms with Crippen molar-refractivity contribution in [2.75, 3.05) is 4.90 Å². The number of anilines is 3. The van der Waals surface area contributed by atoms with Crippen LogP contribution in [0, 0.1) is 0 Å². The Morgan fingerprint density at radius 1 is 0.283 bits per heavy atom. The van der Waals surface area contributed by atoms with Crippen LogP contribution in [-0.4, -0.2) is 0 Å². The molecule has 280 valence electrons. The van der Waals surface area contributed by atoms with Crippen molar-refractivity contribution in [1.29, 1.82) is 0 Å². The molecule has 1 heterocycles. The van der Waals surface area contributed by atoms with Crippen molar-refractivity contribution in [3.8, 4) is 33.6 Å². The van der Waals surface area contributed by atoms with E-state index in [2.05, 4.69) is 217 Å². The standard InChI is InChI=1S/C58H37NO/c1-4-19-45-40(14-1)35-54(51-24-7-6-21-48(45)51)38-28-30-44(31-29-38)59(56-36-41-15-2-5-20-46(41)49-22-9-11-26-53(49)56)55-33-32-47(50-23-8-10-25-52(50)55)39-17-13-18-42(34-39)58-37-43-16-3-12-27-57(43)60-58/h1-37H. The normalized spacial score (nSPS) is 11.7. The summed E-state index contributed by atoms with van der Waals surface area (Å²) in [4.78, 5) is 2.47. The van der Waals surface area contributed by atoms with E-state index in [1.54, 1.807) is 0 Å². The molecule has 0 saturated carbocycles. The molecule has 12 rings (SSSR count). The van der Waals surface area contributed by atoms with Crippen LogP contribution in [0.5, 0.6) is 0 Å². The van der Waals surface area contributed by atoms with E-state index in [1.165, 1.54) is 70.6 Å². The number of furan rings is 1. The summed E-state index contributed by atoms with van der Waals surface area (Å²) in [5, 5.41) is 13.4. The molecule has 0 fully saturated rings. The minimum Gasteiger partial charge on any atom is -0.456 e. The summed E-state index contributed by atoms with van der Waals surface area (Å²) in [7, 11) is 0. The van der Waals surface area contributed by atoms with Crippen molar-refractivity contribution in [2.45, 2.75) is 0 Å². The van der Waals surface area contributed by atoms with Gasteiger partial charge in [0.05, 0.1) is 11.4 Å². The van der Waals surface area contributed by atoms with Gasteiger partial charge in [0.15, 0.2) is 0 Å². The van der Waals surface area contributed by atoms with Crippen LogP contribution in [0.15, 0.2) is 229 Å². The summed E-state index contributed by atoms with van der Waals surface area (Å²) in [6, 6.07) is 81.4. The highest BCUT2D eigenvalue weighted by Crippen LogP contribution is 2.47. The molecule has 0 spiro atoms. The van der Waals surface area contributed by atoms with E-state index in [0.717, 1.165) is 44.9 Å². The topological polar surface area (TPSA) is 16.4 Å². The third-order valence-corrected chi connectivity index (χ3v) is 12.2. The average Bonchev–Trinajstić information content (AvgIpc) is 3.77. The molecule has 0 atom stereocenters. The molecule has 0 bridgehead atoms. The molecular weight excluding hydrogens is 727 g/mol. The molecule has 0 radical (unpaired) electrons. The Bertz CT molecular complexity index is 3580. The molecule has 0 saturated heterocycles. The molecule has 2 nitrogen and oxygen atoms in total. The second-order valence-corrected chi connectivity index (χ2v) is 15.6. The highest BCUT2D eigenvalue weighted by molar-refractivity contribution is 6.17. The molecule has 60 heavy (non-hydrogen) atoms. The van der Waals surface area contributed by atoms with Crippen molar-refractivity contribution in [1.82, 2.24) is 0 Å². The van der Waals surface area contributed by atoms with Gasteiger partial charge >= 0.3 is 0 Å². The van der Waals surface area contributed by atoms with Gasteiger partial charge in [-0.1, -0.05) is 176 Å². The first kappa shape index (κ1) is 34.1. The fraction of sp³-hybridized carbons (Fsp3) is 0. The molecule has 12 aromatic rings. The lowest BCUT2D eigenvalue weighted by atomic mass is 9.93. The first-order valence-corrected chi connectivity index (χ1v) is 20.6. The Hall–Kier alpha value is -7.94. The maximum atomic E-state index is 6.32. The second-order valence-electron chi connectivity index (χ2n) is 15.6. The van der Waals surface area contributed by atoms with Crippen LogP contribution in [0.2, 0.25) is 0 Å². The lowest BCUT2D eigenvalue weighted by molar-refractivity contribution is 0.631. The van der Waals surface area contributed by atoms with Crippen LogP contribution in [0.1, 0.15) is 0 Å². The first-order valence-electron chi connectivity index (χ1n) is 20.6. The Kier molecular flexibility index (Phi) is 7.89. The fourth-order valence-corrected chi connectivity index (χ4v) is 9.40. The predicted octanol–water partition coefficient (Wildman–Crippen LogP) is 16.7. The second kappa shape index (κ2) is 13.9. The van der Waals surface area contributed by atoms with E-state index in [-0.39, 0.29) is 0 Å². The molecule has 0 amide bonds. The number of fused-ring (bicyclic) bond motifs is 8. The SMILES string of the molecule is c1cc(-c2cc3ccccc3o2)cc(-c2ccc(N(c3ccc(-c4cc5ccccc5c5ccccc45)cc3)c3cc4ccccc4c4ccccc34)c3ccccc23)c1. The molecule has 0 aliphatic heterocycles. The Labute approximate surface area is 347 Å². The van der Waals surface area contributed by atoms with Crippen molar-refractivity contribution >= 4 is 81.9 Å². The van der Waals surface area contributed by atoms with Crippen LogP contribution >= 0.6 is 0 Å². The monoisotopic (exact) mass is 763 g/mol. The largest absolute Gasteiger partial charge is 0.456 e. The van der Waals surface area contributed by atoms with Crippen LogP contribution in [0.4, 0.5) is 17.1 Å². The number of nitrogens with zero attached hydrogens (tertiary/aromatic N) is 1. The zero-order valence-electron chi connectivity index (χ0n) is 32.7. The lowest BCUT2D eigenvalue weighted by Gasteiger charge is -2.29. The summed E-state index contributed by atoms with van der Waals surface area (Å²) in [6.45, 7) is 0. The van der Waals surface area contributed by atoms with Crippen molar-refractivity contribution < 1.29 is 4.42 Å². The van der Waals surface area contributed by atoms with E-state index in [0.29, 0.717) is 0 Å². The van der Waals surface area contributed by atoms with Crippen LogP contribution in [-0.2, 0) is 0 Å². The highest BCUT2D eigenvalue weighted by atomic mass is 16.3. The van der Waals surface area contributed by atoms with Gasteiger partial charge in [-0.2, -0.15) is 0 Å². The molecule has 0 aliphatic rings. The summed E-state index contributed by atoms with van der Waals surface area (Å²) >= 11 is 0. The summed E-state index contributed by atoms with van der Waals surface area (Å²) in [6.07, 6.45) is 0. The zero-order valence-corrected chi connectivity index (χ0v) is 32.7. The summed E-state index contributed by atoms with van der Waals surface area (Å²) in [5.74, 6) is 0.869. The van der Waals surface area contributed by atoms with Crippen LogP contribution < -0.4 is 4.90 Å². The molecule has 0 aliphatic carbocycles. The van der Waals surface area contributed by atoms with Gasteiger partial charge in [0.2, 0.25) is 0 Å². The number of para-hydroxylation sites is 1. The highest BCUT2D eigenvalue weighted by Gasteiger charge is 2.21. The molecule has 1 aromatic heterocycles. The number of rotatable bonds is 6. The maximum absolute atomic E-state index is 6.32. The van der Waals surface area contributed by atoms with E-state index >= 15 is 0 Å². The van der Waals surface area contributed by atoms with E-state index in [1.807, 2.05) is 12.1 Å². The van der Waals surface area contributed by atoms with Crippen molar-refractivity contribution in [3.63, 3.8) is 0 Å². The summed E-state index contributed by atoms with van der Waals surface area (Å²) < 4.78 is 6.32. The maximum Gasteiger partial charge on any atom is 0.135 e. The minimum atomic E-state index is 0.869. The van der Waals surface area contributed by atoms with Crippen molar-refractivity contribution in [2.24, 2.45) is 0 Å². The Morgan fingerprint density at radius 2 is 0.817 bits per heavy atom. The van der Waals surface area contributed by atoms with Gasteiger partial charge in [0.1, 0.15) is 11.3 Å². The van der Waals surface area contributed by atoms with Gasteiger partial charge in [0.25, 0.3) is 0 Å². The predicted molar refractivity (Wildman–Crippen MR) is 255 cm³/mol. The van der Waals surface area contributed by atoms with Crippen LogP contribution in [0.25, 0.3) is 98.4 Å². The Balaban J connectivity index is 1.06. The molecule has 0 N–H and O–H groups in total. The third-order valence-electron chi connectivity index (χ3n) is 12.2. The third kappa shape index (κ3) is 5.57. The molecule has 0 unspecified atom stereocenters. The molecule has 2 heteroatoms.